The second-order valence-electron chi connectivity index (χ2n) is 8.05. The lowest BCUT2D eigenvalue weighted by molar-refractivity contribution is -0.112. The maximum Gasteiger partial charge on any atom is 0.0949 e. The average molecular weight is 422 g/mol. The Morgan fingerprint density at radius 2 is 1.86 bits per heavy atom. The quantitative estimate of drug-likeness (QED) is 0.654. The Balaban J connectivity index is 0.00000280. The lowest BCUT2D eigenvalue weighted by Crippen LogP contribution is -2.47. The number of nitrogens with zero attached hydrogens (tertiary/aromatic N) is 1. The van der Waals surface area contributed by atoms with E-state index < -0.39 is 5.60 Å². The summed E-state index contributed by atoms with van der Waals surface area (Å²) in [6.45, 7) is 3.49. The van der Waals surface area contributed by atoms with Gasteiger partial charge in [0.25, 0.3) is 0 Å². The molecule has 0 bridgehead atoms. The van der Waals surface area contributed by atoms with Gasteiger partial charge in [0.15, 0.2) is 0 Å². The normalized spacial score (nSPS) is 24.8. The van der Waals surface area contributed by atoms with E-state index in [9.17, 15) is 5.11 Å². The Morgan fingerprint density at radius 1 is 1.14 bits per heavy atom. The van der Waals surface area contributed by atoms with Gasteiger partial charge in [-0.15, -0.1) is 25.0 Å². The molecule has 0 heterocycles. The van der Waals surface area contributed by atoms with E-state index in [1.165, 1.54) is 5.56 Å². The summed E-state index contributed by atoms with van der Waals surface area (Å²) in [7, 11) is 4.12. The molecular formula is C23H32ClNO2S. The van der Waals surface area contributed by atoms with Gasteiger partial charge in [-0.1, -0.05) is 48.5 Å². The van der Waals surface area contributed by atoms with Crippen molar-refractivity contribution in [3.8, 4) is 0 Å². The predicted octanol–water partition coefficient (Wildman–Crippen LogP) is 4.84. The van der Waals surface area contributed by atoms with E-state index in [-0.39, 0.29) is 24.4 Å². The summed E-state index contributed by atoms with van der Waals surface area (Å²) >= 11 is 4.71. The van der Waals surface area contributed by atoms with Gasteiger partial charge in [0, 0.05) is 17.4 Å². The van der Waals surface area contributed by atoms with Gasteiger partial charge < -0.3 is 14.7 Å². The minimum atomic E-state index is -0.861. The van der Waals surface area contributed by atoms with Crippen LogP contribution < -0.4 is 0 Å². The number of rotatable bonds is 6. The van der Waals surface area contributed by atoms with Crippen LogP contribution in [0.5, 0.6) is 0 Å². The zero-order valence-electron chi connectivity index (χ0n) is 17.0. The third kappa shape index (κ3) is 5.31. The minimum Gasteiger partial charge on any atom is -0.385 e. The number of thiol groups is 1. The summed E-state index contributed by atoms with van der Waals surface area (Å²) in [4.78, 5) is 3.07. The highest BCUT2D eigenvalue weighted by Crippen LogP contribution is 2.45. The molecule has 3 rings (SSSR count). The number of aryl methyl sites for hydroxylation is 1. The van der Waals surface area contributed by atoms with Crippen LogP contribution in [0.25, 0.3) is 0 Å². The Bertz CT molecular complexity index is 756. The molecule has 28 heavy (non-hydrogen) atoms. The predicted molar refractivity (Wildman–Crippen MR) is 120 cm³/mol. The van der Waals surface area contributed by atoms with E-state index in [4.69, 9.17) is 17.4 Å². The number of hydrogen-bond acceptors (Lipinski definition) is 4. The average Bonchev–Trinajstić information content (AvgIpc) is 2.65. The van der Waals surface area contributed by atoms with Crippen LogP contribution in [0.15, 0.2) is 53.4 Å². The van der Waals surface area contributed by atoms with Crippen LogP contribution in [0.1, 0.15) is 36.0 Å². The third-order valence-electron chi connectivity index (χ3n) is 5.69. The molecule has 0 spiro atoms. The van der Waals surface area contributed by atoms with Crippen LogP contribution in [-0.4, -0.2) is 36.8 Å². The molecule has 3 atom stereocenters. The molecule has 1 aliphatic rings. The first-order chi connectivity index (χ1) is 12.9. The Morgan fingerprint density at radius 3 is 2.54 bits per heavy atom. The minimum absolute atomic E-state index is 0. The maximum atomic E-state index is 11.7. The molecule has 1 N–H and O–H groups in total. The molecule has 0 aliphatic heterocycles. The summed E-state index contributed by atoms with van der Waals surface area (Å²) in [6.07, 6.45) is 2.57. The molecule has 0 aromatic heterocycles. The molecule has 154 valence electrons. The first-order valence-electron chi connectivity index (χ1n) is 9.72. The number of halogens is 1. The van der Waals surface area contributed by atoms with Gasteiger partial charge in [-0.05, 0) is 57.0 Å². The highest BCUT2D eigenvalue weighted by molar-refractivity contribution is 7.80. The number of benzene rings is 2. The van der Waals surface area contributed by atoms with E-state index in [1.54, 1.807) is 0 Å². The topological polar surface area (TPSA) is 32.7 Å². The zero-order valence-corrected chi connectivity index (χ0v) is 18.7. The summed E-state index contributed by atoms with van der Waals surface area (Å²) in [6, 6.07) is 16.4. The number of ether oxygens (including phenoxy) is 1. The van der Waals surface area contributed by atoms with E-state index in [2.05, 4.69) is 31.1 Å². The van der Waals surface area contributed by atoms with Crippen molar-refractivity contribution in [2.24, 2.45) is 5.92 Å². The lowest BCUT2D eigenvalue weighted by Gasteiger charge is -2.45. The summed E-state index contributed by atoms with van der Waals surface area (Å²) in [5.41, 5.74) is 2.40. The first kappa shape index (κ1) is 23.2. The standard InChI is InChI=1S/C23H31NO2S.ClH/c1-17-8-7-11-21(22(17)27)23(25)13-12-20(14-19(23)15-24(2)3)26-16-18-9-5-4-6-10-18;/h4-11,19-20,25,27H,12-16H2,1-3H3;1H. The molecular weight excluding hydrogens is 390 g/mol. The fourth-order valence-electron chi connectivity index (χ4n) is 4.18. The van der Waals surface area contributed by atoms with Gasteiger partial charge in [0.1, 0.15) is 0 Å². The second-order valence-corrected chi connectivity index (χ2v) is 8.49. The molecule has 1 fully saturated rings. The maximum absolute atomic E-state index is 11.7. The molecule has 2 aromatic rings. The largest absolute Gasteiger partial charge is 0.385 e. The molecule has 1 saturated carbocycles. The fourth-order valence-corrected chi connectivity index (χ4v) is 4.53. The van der Waals surface area contributed by atoms with Crippen LogP contribution in [0.4, 0.5) is 0 Å². The summed E-state index contributed by atoms with van der Waals surface area (Å²) in [5.74, 6) is 0.106. The third-order valence-corrected chi connectivity index (χ3v) is 6.28. The van der Waals surface area contributed by atoms with Crippen molar-refractivity contribution in [3.63, 3.8) is 0 Å². The van der Waals surface area contributed by atoms with Crippen LogP contribution in [0, 0.1) is 12.8 Å². The van der Waals surface area contributed by atoms with Crippen LogP contribution in [-0.2, 0) is 16.9 Å². The van der Waals surface area contributed by atoms with Crippen molar-refractivity contribution in [1.29, 1.82) is 0 Å². The molecule has 3 nitrogen and oxygen atoms in total. The molecule has 2 aromatic carbocycles. The van der Waals surface area contributed by atoms with Crippen LogP contribution >= 0.6 is 25.0 Å². The van der Waals surface area contributed by atoms with Crippen molar-refractivity contribution in [3.05, 3.63) is 65.2 Å². The van der Waals surface area contributed by atoms with E-state index >= 15 is 0 Å². The van der Waals surface area contributed by atoms with E-state index in [1.807, 2.05) is 43.3 Å². The Labute approximate surface area is 180 Å². The van der Waals surface area contributed by atoms with Gasteiger partial charge in [-0.25, -0.2) is 0 Å². The van der Waals surface area contributed by atoms with Crippen LogP contribution in [0.2, 0.25) is 0 Å². The number of hydrogen-bond donors (Lipinski definition) is 2. The highest BCUT2D eigenvalue weighted by atomic mass is 35.5. The van der Waals surface area contributed by atoms with Crippen molar-refractivity contribution < 1.29 is 9.84 Å². The van der Waals surface area contributed by atoms with Gasteiger partial charge >= 0.3 is 0 Å². The van der Waals surface area contributed by atoms with Crippen molar-refractivity contribution in [2.75, 3.05) is 20.6 Å². The van der Waals surface area contributed by atoms with Crippen molar-refractivity contribution >= 4 is 25.0 Å². The molecule has 0 amide bonds. The lowest BCUT2D eigenvalue weighted by atomic mass is 9.70. The van der Waals surface area contributed by atoms with Gasteiger partial charge in [-0.2, -0.15) is 0 Å². The summed E-state index contributed by atoms with van der Waals surface area (Å²) < 4.78 is 6.22. The highest BCUT2D eigenvalue weighted by Gasteiger charge is 2.44. The van der Waals surface area contributed by atoms with Crippen molar-refractivity contribution in [2.45, 2.75) is 49.4 Å². The van der Waals surface area contributed by atoms with Crippen molar-refractivity contribution in [1.82, 2.24) is 4.90 Å². The first-order valence-corrected chi connectivity index (χ1v) is 10.2. The molecule has 3 unspecified atom stereocenters. The fraction of sp³-hybridized carbons (Fsp3) is 0.478. The second kappa shape index (κ2) is 10.1. The molecule has 5 heteroatoms. The summed E-state index contributed by atoms with van der Waals surface area (Å²) in [5, 5.41) is 11.7. The number of aliphatic hydroxyl groups is 1. The Hall–Kier alpha value is -1.04. The smallest absolute Gasteiger partial charge is 0.0949 e. The molecule has 0 radical (unpaired) electrons. The van der Waals surface area contributed by atoms with E-state index in [0.717, 1.165) is 35.4 Å². The Kier molecular flexibility index (Phi) is 8.41. The van der Waals surface area contributed by atoms with E-state index in [0.29, 0.717) is 13.0 Å². The van der Waals surface area contributed by atoms with Crippen LogP contribution in [0.3, 0.4) is 0 Å². The molecule has 0 saturated heterocycles. The van der Waals surface area contributed by atoms with Gasteiger partial charge in [0.2, 0.25) is 0 Å². The SMILES string of the molecule is Cc1cccc(C2(O)CCC(OCc3ccccc3)CC2CN(C)C)c1S.Cl. The van der Waals surface area contributed by atoms with Gasteiger partial charge in [0.05, 0.1) is 18.3 Å². The monoisotopic (exact) mass is 421 g/mol. The molecule has 1 aliphatic carbocycles. The van der Waals surface area contributed by atoms with Gasteiger partial charge in [-0.3, -0.25) is 0 Å². The zero-order chi connectivity index (χ0) is 19.4.